The predicted molar refractivity (Wildman–Crippen MR) is 104 cm³/mol. The van der Waals surface area contributed by atoms with Crippen LogP contribution in [0.15, 0.2) is 48.5 Å². The van der Waals surface area contributed by atoms with Gasteiger partial charge in [-0.3, -0.25) is 4.79 Å². The van der Waals surface area contributed by atoms with Gasteiger partial charge < -0.3 is 5.32 Å². The van der Waals surface area contributed by atoms with Crippen LogP contribution < -0.4 is 5.32 Å². The molecule has 0 radical (unpaired) electrons. The number of ketones is 1. The lowest BCUT2D eigenvalue weighted by Crippen LogP contribution is -2.47. The molecule has 2 nitrogen and oxygen atoms in total. The number of rotatable bonds is 4. The van der Waals surface area contributed by atoms with Gasteiger partial charge in [0.1, 0.15) is 5.78 Å². The summed E-state index contributed by atoms with van der Waals surface area (Å²) in [4.78, 5) is 13.1. The van der Waals surface area contributed by atoms with Crippen molar-refractivity contribution < 1.29 is 4.79 Å². The van der Waals surface area contributed by atoms with Gasteiger partial charge in [0, 0.05) is 34.0 Å². The van der Waals surface area contributed by atoms with E-state index in [1.807, 2.05) is 55.5 Å². The first-order valence-electron chi connectivity index (χ1n) is 8.82. The van der Waals surface area contributed by atoms with Crippen LogP contribution in [0.3, 0.4) is 0 Å². The topological polar surface area (TPSA) is 29.1 Å². The second kappa shape index (κ2) is 7.90. The first kappa shape index (κ1) is 18.4. The maximum atomic E-state index is 13.1. The lowest BCUT2D eigenvalue weighted by atomic mass is 9.74. The zero-order chi connectivity index (χ0) is 18.0. The van der Waals surface area contributed by atoms with E-state index in [2.05, 4.69) is 12.2 Å². The highest BCUT2D eigenvalue weighted by Gasteiger charge is 2.41. The van der Waals surface area contributed by atoms with Gasteiger partial charge in [0.15, 0.2) is 0 Å². The normalized spacial score (nSPS) is 26.6. The van der Waals surface area contributed by atoms with Gasteiger partial charge in [-0.25, -0.2) is 0 Å². The Kier molecular flexibility index (Phi) is 5.83. The van der Waals surface area contributed by atoms with E-state index in [0.717, 1.165) is 24.0 Å². The van der Waals surface area contributed by atoms with Crippen molar-refractivity contribution in [2.24, 2.45) is 11.8 Å². The zero-order valence-electron chi connectivity index (χ0n) is 14.5. The molecule has 0 aromatic heterocycles. The average Bonchev–Trinajstić information content (AvgIpc) is 2.61. The lowest BCUT2D eigenvalue weighted by Gasteiger charge is -2.41. The molecule has 1 fully saturated rings. The van der Waals surface area contributed by atoms with Crippen molar-refractivity contribution in [3.63, 3.8) is 0 Å². The van der Waals surface area contributed by atoms with Crippen molar-refractivity contribution in [2.75, 3.05) is 0 Å². The largest absolute Gasteiger partial charge is 0.302 e. The first-order valence-corrected chi connectivity index (χ1v) is 9.57. The minimum absolute atomic E-state index is 0.00148. The number of carbonyl (C=O) groups excluding carboxylic acids is 1. The molecule has 2 aromatic carbocycles. The number of halogens is 2. The quantitative estimate of drug-likeness (QED) is 0.709. The summed E-state index contributed by atoms with van der Waals surface area (Å²) < 4.78 is 0. The highest BCUT2D eigenvalue weighted by atomic mass is 35.5. The van der Waals surface area contributed by atoms with Gasteiger partial charge in [0.25, 0.3) is 0 Å². The van der Waals surface area contributed by atoms with Crippen LogP contribution in [0, 0.1) is 11.8 Å². The molecule has 0 saturated carbocycles. The van der Waals surface area contributed by atoms with Crippen LogP contribution in [0.4, 0.5) is 0 Å². The number of Topliss-reactive ketones (excluding diaryl/α,β-unsaturated/α-hetero) is 1. The summed E-state index contributed by atoms with van der Waals surface area (Å²) in [5.74, 6) is 0.256. The van der Waals surface area contributed by atoms with Crippen LogP contribution in [0.5, 0.6) is 0 Å². The molecule has 2 aromatic rings. The fourth-order valence-electron chi connectivity index (χ4n) is 3.79. The second-order valence-corrected chi connectivity index (χ2v) is 7.68. The standard InChI is InChI=1S/C21H23Cl2NO/c1-3-4-18-20(15-7-11-17(23)12-8-15)24-19(13(2)21(18)25)14-5-9-16(22)10-6-14/h5-13,18-20,24H,3-4H2,1-2H3/t13-,18-,19-,20+/m0/s1. The summed E-state index contributed by atoms with van der Waals surface area (Å²) in [6.07, 6.45) is 1.87. The summed E-state index contributed by atoms with van der Waals surface area (Å²) in [6, 6.07) is 15.6. The Bertz CT molecular complexity index is 727. The molecule has 132 valence electrons. The highest BCUT2D eigenvalue weighted by molar-refractivity contribution is 6.30. The van der Waals surface area contributed by atoms with Gasteiger partial charge in [-0.2, -0.15) is 0 Å². The van der Waals surface area contributed by atoms with E-state index in [0.29, 0.717) is 15.8 Å². The van der Waals surface area contributed by atoms with Crippen molar-refractivity contribution >= 4 is 29.0 Å². The molecular formula is C21H23Cl2NO. The monoisotopic (exact) mass is 375 g/mol. The highest BCUT2D eigenvalue weighted by Crippen LogP contribution is 2.40. The fraction of sp³-hybridized carbons (Fsp3) is 0.381. The average molecular weight is 376 g/mol. The molecule has 1 aliphatic rings. The molecule has 4 heteroatoms. The molecule has 4 atom stereocenters. The number of carbonyl (C=O) groups is 1. The Balaban J connectivity index is 1.96. The summed E-state index contributed by atoms with van der Waals surface area (Å²) in [5.41, 5.74) is 2.21. The summed E-state index contributed by atoms with van der Waals surface area (Å²) >= 11 is 12.1. The Hall–Kier alpha value is -1.35. The molecular weight excluding hydrogens is 353 g/mol. The molecule has 0 amide bonds. The van der Waals surface area contributed by atoms with Gasteiger partial charge >= 0.3 is 0 Å². The van der Waals surface area contributed by atoms with Gasteiger partial charge in [0.05, 0.1) is 0 Å². The molecule has 1 heterocycles. The third-order valence-electron chi connectivity index (χ3n) is 5.13. The number of benzene rings is 2. The Morgan fingerprint density at radius 2 is 1.36 bits per heavy atom. The first-order chi connectivity index (χ1) is 12.0. The van der Waals surface area contributed by atoms with E-state index in [4.69, 9.17) is 23.2 Å². The molecule has 0 spiro atoms. The molecule has 1 N–H and O–H groups in total. The number of hydrogen-bond donors (Lipinski definition) is 1. The minimum atomic E-state index is -0.0683. The molecule has 0 aliphatic carbocycles. The van der Waals surface area contributed by atoms with E-state index in [1.54, 1.807) is 0 Å². The molecule has 3 rings (SSSR count). The third kappa shape index (κ3) is 3.92. The smallest absolute Gasteiger partial charge is 0.142 e. The van der Waals surface area contributed by atoms with Crippen LogP contribution in [-0.2, 0) is 4.79 Å². The Morgan fingerprint density at radius 3 is 1.84 bits per heavy atom. The van der Waals surface area contributed by atoms with Gasteiger partial charge in [-0.05, 0) is 41.8 Å². The Labute approximate surface area is 159 Å². The van der Waals surface area contributed by atoms with E-state index in [1.165, 1.54) is 0 Å². The van der Waals surface area contributed by atoms with Crippen molar-refractivity contribution in [3.8, 4) is 0 Å². The fourth-order valence-corrected chi connectivity index (χ4v) is 4.05. The van der Waals surface area contributed by atoms with Crippen LogP contribution in [0.1, 0.15) is 49.9 Å². The van der Waals surface area contributed by atoms with E-state index >= 15 is 0 Å². The van der Waals surface area contributed by atoms with Crippen LogP contribution in [0.2, 0.25) is 10.0 Å². The van der Waals surface area contributed by atoms with Crippen molar-refractivity contribution in [1.82, 2.24) is 5.32 Å². The molecule has 1 aliphatic heterocycles. The predicted octanol–water partition coefficient (Wildman–Crippen LogP) is 6.00. The van der Waals surface area contributed by atoms with Gasteiger partial charge in [-0.1, -0.05) is 67.7 Å². The maximum absolute atomic E-state index is 13.1. The van der Waals surface area contributed by atoms with Crippen LogP contribution >= 0.6 is 23.2 Å². The molecule has 25 heavy (non-hydrogen) atoms. The Morgan fingerprint density at radius 1 is 0.880 bits per heavy atom. The third-order valence-corrected chi connectivity index (χ3v) is 5.64. The SMILES string of the molecule is CCC[C@@H]1C(=O)[C@@H](C)[C@@H](c2ccc(Cl)cc2)N[C@@H]1c1ccc(Cl)cc1. The van der Waals surface area contributed by atoms with E-state index in [-0.39, 0.29) is 23.9 Å². The summed E-state index contributed by atoms with van der Waals surface area (Å²) in [7, 11) is 0. The van der Waals surface area contributed by atoms with Gasteiger partial charge in [0.2, 0.25) is 0 Å². The minimum Gasteiger partial charge on any atom is -0.302 e. The number of piperidine rings is 1. The summed E-state index contributed by atoms with van der Waals surface area (Å²) in [5, 5.41) is 5.15. The van der Waals surface area contributed by atoms with Crippen molar-refractivity contribution in [1.29, 1.82) is 0 Å². The lowest BCUT2D eigenvalue weighted by molar-refractivity contribution is -0.131. The number of hydrogen-bond acceptors (Lipinski definition) is 2. The van der Waals surface area contributed by atoms with E-state index < -0.39 is 0 Å². The number of nitrogens with one attached hydrogen (secondary N) is 1. The zero-order valence-corrected chi connectivity index (χ0v) is 16.0. The molecule has 1 saturated heterocycles. The van der Waals surface area contributed by atoms with E-state index in [9.17, 15) is 4.79 Å². The second-order valence-electron chi connectivity index (χ2n) is 6.81. The van der Waals surface area contributed by atoms with Crippen LogP contribution in [-0.4, -0.2) is 5.78 Å². The van der Waals surface area contributed by atoms with Gasteiger partial charge in [-0.15, -0.1) is 0 Å². The summed E-state index contributed by atoms with van der Waals surface area (Å²) in [6.45, 7) is 4.15. The van der Waals surface area contributed by atoms with Crippen LogP contribution in [0.25, 0.3) is 0 Å². The maximum Gasteiger partial charge on any atom is 0.142 e. The van der Waals surface area contributed by atoms with Crippen molar-refractivity contribution in [3.05, 3.63) is 69.7 Å². The van der Waals surface area contributed by atoms with Crippen molar-refractivity contribution in [2.45, 2.75) is 38.8 Å². The molecule has 0 unspecified atom stereocenters. The molecule has 0 bridgehead atoms.